The summed E-state index contributed by atoms with van der Waals surface area (Å²) in [4.78, 5) is 31.7. The monoisotopic (exact) mass is 526 g/mol. The molecule has 0 aliphatic carbocycles. The molecule has 1 unspecified atom stereocenters. The number of aryl methyl sites for hydroxylation is 1. The highest BCUT2D eigenvalue weighted by molar-refractivity contribution is 9.10. The van der Waals surface area contributed by atoms with Crippen LogP contribution in [0.3, 0.4) is 0 Å². The summed E-state index contributed by atoms with van der Waals surface area (Å²) < 4.78 is 14.0. The highest BCUT2D eigenvalue weighted by atomic mass is 79.9. The van der Waals surface area contributed by atoms with Crippen LogP contribution in [0.1, 0.15) is 36.6 Å². The van der Waals surface area contributed by atoms with Crippen molar-refractivity contribution in [3.8, 4) is 5.75 Å². The molecular weight excluding hydrogens is 504 g/mol. The van der Waals surface area contributed by atoms with E-state index in [9.17, 15) is 9.59 Å². The number of aromatic nitrogens is 1. The number of para-hydroxylation sites is 1. The second kappa shape index (κ2) is 9.49. The first-order valence-corrected chi connectivity index (χ1v) is 12.0. The van der Waals surface area contributed by atoms with Crippen LogP contribution < -0.4 is 19.6 Å². The molecule has 33 heavy (non-hydrogen) atoms. The van der Waals surface area contributed by atoms with E-state index in [1.54, 1.807) is 25.5 Å². The normalized spacial score (nSPS) is 15.8. The molecule has 1 aromatic heterocycles. The Morgan fingerprint density at radius 1 is 1.24 bits per heavy atom. The highest BCUT2D eigenvalue weighted by Crippen LogP contribution is 2.35. The van der Waals surface area contributed by atoms with Gasteiger partial charge in [0.1, 0.15) is 11.8 Å². The molecular formula is C25H23BrN2O4S. The van der Waals surface area contributed by atoms with Crippen LogP contribution in [0.4, 0.5) is 0 Å². The van der Waals surface area contributed by atoms with Gasteiger partial charge in [-0.05, 0) is 50.1 Å². The van der Waals surface area contributed by atoms with E-state index >= 15 is 0 Å². The van der Waals surface area contributed by atoms with E-state index in [-0.39, 0.29) is 12.2 Å². The molecule has 170 valence electrons. The number of allylic oxidation sites excluding steroid dienone is 1. The van der Waals surface area contributed by atoms with E-state index in [4.69, 9.17) is 9.47 Å². The number of carbonyl (C=O) groups excluding carboxylic acids is 1. The number of nitrogens with zero attached hydrogens (tertiary/aromatic N) is 2. The SMILES string of the molecule is CCOC(=O)C1=C(C)N=c2sc(=Cc3ccc(C)c(Br)c3)c(=O)n2C1c1ccccc1OC. The highest BCUT2D eigenvalue weighted by Gasteiger charge is 2.34. The van der Waals surface area contributed by atoms with E-state index in [0.29, 0.717) is 31.9 Å². The van der Waals surface area contributed by atoms with Crippen molar-refractivity contribution in [2.45, 2.75) is 26.8 Å². The summed E-state index contributed by atoms with van der Waals surface area (Å²) in [6.07, 6.45) is 1.84. The van der Waals surface area contributed by atoms with E-state index in [1.165, 1.54) is 11.3 Å². The molecule has 1 aliphatic rings. The Labute approximate surface area is 203 Å². The maximum absolute atomic E-state index is 13.6. The lowest BCUT2D eigenvalue weighted by atomic mass is 9.95. The number of benzene rings is 2. The largest absolute Gasteiger partial charge is 0.496 e. The third-order valence-electron chi connectivity index (χ3n) is 5.44. The number of ether oxygens (including phenoxy) is 2. The van der Waals surface area contributed by atoms with Crippen LogP contribution in [-0.4, -0.2) is 24.3 Å². The number of carbonyl (C=O) groups is 1. The fraction of sp³-hybridized carbons (Fsp3) is 0.240. The fourth-order valence-electron chi connectivity index (χ4n) is 3.83. The van der Waals surface area contributed by atoms with Crippen molar-refractivity contribution in [1.29, 1.82) is 0 Å². The van der Waals surface area contributed by atoms with Gasteiger partial charge in [-0.15, -0.1) is 0 Å². The minimum atomic E-state index is -0.705. The second-order valence-electron chi connectivity index (χ2n) is 7.55. The van der Waals surface area contributed by atoms with Crippen LogP contribution in [0.5, 0.6) is 5.75 Å². The number of hydrogen-bond acceptors (Lipinski definition) is 6. The molecule has 3 aromatic rings. The van der Waals surface area contributed by atoms with Gasteiger partial charge >= 0.3 is 5.97 Å². The summed E-state index contributed by atoms with van der Waals surface area (Å²) in [6, 6.07) is 12.6. The lowest BCUT2D eigenvalue weighted by Crippen LogP contribution is -2.40. The third kappa shape index (κ3) is 4.32. The molecule has 0 N–H and O–H groups in total. The van der Waals surface area contributed by atoms with Gasteiger partial charge in [-0.1, -0.05) is 57.6 Å². The molecule has 1 atom stereocenters. The van der Waals surface area contributed by atoms with Gasteiger partial charge in [0.15, 0.2) is 4.80 Å². The van der Waals surface area contributed by atoms with Crippen molar-refractivity contribution in [2.24, 2.45) is 4.99 Å². The number of hydrogen-bond donors (Lipinski definition) is 0. The average Bonchev–Trinajstić information content (AvgIpc) is 3.10. The lowest BCUT2D eigenvalue weighted by molar-refractivity contribution is -0.139. The van der Waals surface area contributed by atoms with Gasteiger partial charge in [-0.25, -0.2) is 9.79 Å². The minimum Gasteiger partial charge on any atom is -0.496 e. The summed E-state index contributed by atoms with van der Waals surface area (Å²) in [5.74, 6) is 0.0856. The first-order chi connectivity index (χ1) is 15.8. The summed E-state index contributed by atoms with van der Waals surface area (Å²) >= 11 is 4.84. The third-order valence-corrected chi connectivity index (χ3v) is 7.28. The Morgan fingerprint density at radius 3 is 2.70 bits per heavy atom. The van der Waals surface area contributed by atoms with Gasteiger partial charge in [-0.2, -0.15) is 0 Å². The summed E-state index contributed by atoms with van der Waals surface area (Å²) in [7, 11) is 1.57. The molecule has 2 heterocycles. The summed E-state index contributed by atoms with van der Waals surface area (Å²) in [5, 5.41) is 0. The minimum absolute atomic E-state index is 0.222. The standard InChI is InChI=1S/C25H23BrN2O4S/c1-5-32-24(30)21-15(3)27-25-28(22(21)17-8-6-7-9-19(17)31-4)23(29)20(33-25)13-16-11-10-14(2)18(26)12-16/h6-13,22H,5H2,1-4H3. The molecule has 0 amide bonds. The number of fused-ring (bicyclic) bond motifs is 1. The molecule has 1 aliphatic heterocycles. The van der Waals surface area contributed by atoms with Crippen molar-refractivity contribution in [3.05, 3.63) is 94.6 Å². The van der Waals surface area contributed by atoms with Crippen LogP contribution in [0.25, 0.3) is 6.08 Å². The number of halogens is 1. The number of rotatable bonds is 5. The Morgan fingerprint density at radius 2 is 2.00 bits per heavy atom. The first-order valence-electron chi connectivity index (χ1n) is 10.4. The molecule has 2 aromatic carbocycles. The maximum atomic E-state index is 13.6. The number of thiazole rings is 1. The zero-order valence-corrected chi connectivity index (χ0v) is 21.1. The quantitative estimate of drug-likeness (QED) is 0.473. The molecule has 6 nitrogen and oxygen atoms in total. The van der Waals surface area contributed by atoms with E-state index < -0.39 is 12.0 Å². The van der Waals surface area contributed by atoms with Crippen LogP contribution in [-0.2, 0) is 9.53 Å². The van der Waals surface area contributed by atoms with Gasteiger partial charge in [0.25, 0.3) is 5.56 Å². The van der Waals surface area contributed by atoms with Crippen molar-refractivity contribution in [3.63, 3.8) is 0 Å². The molecule has 0 fully saturated rings. The Hall–Kier alpha value is -2.97. The molecule has 8 heteroatoms. The topological polar surface area (TPSA) is 69.9 Å². The molecule has 4 rings (SSSR count). The van der Waals surface area contributed by atoms with Crippen LogP contribution in [0, 0.1) is 6.92 Å². The summed E-state index contributed by atoms with van der Waals surface area (Å²) in [5.41, 5.74) is 3.34. The van der Waals surface area contributed by atoms with Gasteiger partial charge in [-0.3, -0.25) is 9.36 Å². The Bertz CT molecular complexity index is 1450. The number of methoxy groups -OCH3 is 1. The van der Waals surface area contributed by atoms with Crippen molar-refractivity contribution in [1.82, 2.24) is 4.57 Å². The predicted octanol–water partition coefficient (Wildman–Crippen LogP) is 3.88. The van der Waals surface area contributed by atoms with Crippen molar-refractivity contribution < 1.29 is 14.3 Å². The van der Waals surface area contributed by atoms with E-state index in [0.717, 1.165) is 15.6 Å². The zero-order valence-electron chi connectivity index (χ0n) is 18.7. The molecule has 0 spiro atoms. The fourth-order valence-corrected chi connectivity index (χ4v) is 5.27. The molecule has 0 saturated heterocycles. The summed E-state index contributed by atoms with van der Waals surface area (Å²) in [6.45, 7) is 5.75. The maximum Gasteiger partial charge on any atom is 0.338 e. The number of esters is 1. The van der Waals surface area contributed by atoms with Gasteiger partial charge in [0, 0.05) is 10.0 Å². The van der Waals surface area contributed by atoms with Gasteiger partial charge in [0.2, 0.25) is 0 Å². The first kappa shape index (κ1) is 23.2. The van der Waals surface area contributed by atoms with Crippen molar-refractivity contribution >= 4 is 39.3 Å². The predicted molar refractivity (Wildman–Crippen MR) is 132 cm³/mol. The molecule has 0 saturated carbocycles. The average molecular weight is 527 g/mol. The van der Waals surface area contributed by atoms with Crippen LogP contribution >= 0.6 is 27.3 Å². The molecule has 0 radical (unpaired) electrons. The van der Waals surface area contributed by atoms with Gasteiger partial charge < -0.3 is 9.47 Å². The lowest BCUT2D eigenvalue weighted by Gasteiger charge is -2.25. The Kier molecular flexibility index (Phi) is 6.67. The van der Waals surface area contributed by atoms with Crippen molar-refractivity contribution in [2.75, 3.05) is 13.7 Å². The van der Waals surface area contributed by atoms with Crippen LogP contribution in [0.15, 0.2) is 68.0 Å². The molecule has 0 bridgehead atoms. The second-order valence-corrected chi connectivity index (χ2v) is 9.42. The van der Waals surface area contributed by atoms with Crippen LogP contribution in [0.2, 0.25) is 0 Å². The van der Waals surface area contributed by atoms with E-state index in [2.05, 4.69) is 20.9 Å². The zero-order chi connectivity index (χ0) is 23.7. The Balaban J connectivity index is 1.99. The van der Waals surface area contributed by atoms with E-state index in [1.807, 2.05) is 55.5 Å². The smallest absolute Gasteiger partial charge is 0.338 e. The van der Waals surface area contributed by atoms with Gasteiger partial charge in [0.05, 0.1) is 29.5 Å².